The van der Waals surface area contributed by atoms with Gasteiger partial charge < -0.3 is 0 Å². The average Bonchev–Trinajstić information content (AvgIpc) is 3.77. The van der Waals surface area contributed by atoms with E-state index in [-0.39, 0.29) is 53.1 Å². The topological polar surface area (TPSA) is 104 Å². The van der Waals surface area contributed by atoms with Gasteiger partial charge in [0, 0.05) is 6.42 Å². The van der Waals surface area contributed by atoms with Crippen LogP contribution in [0.1, 0.15) is 38.9 Å². The van der Waals surface area contributed by atoms with E-state index < -0.39 is 15.1 Å². The summed E-state index contributed by atoms with van der Waals surface area (Å²) in [5.41, 5.74) is 6.59. The van der Waals surface area contributed by atoms with E-state index >= 15 is 0 Å². The van der Waals surface area contributed by atoms with Gasteiger partial charge in [-0.3, -0.25) is 0 Å². The Hall–Kier alpha value is -7.74. The maximum atomic E-state index is 14.0. The molecule has 6 nitrogen and oxygen atoms in total. The summed E-state index contributed by atoms with van der Waals surface area (Å²) in [6, 6.07) is 31.0. The van der Waals surface area contributed by atoms with E-state index in [1.807, 2.05) is 43.3 Å². The number of fused-ring (bicyclic) bond motifs is 2. The fraction of sp³-hybridized carbons (Fsp3) is 0.0667. The molecule has 0 aliphatic heterocycles. The number of nitrogens with zero attached hydrogens (tertiary/aromatic N) is 6. The second-order valence-corrected chi connectivity index (χ2v) is 15.8. The third-order valence-electron chi connectivity index (χ3n) is 10.1. The van der Waals surface area contributed by atoms with Gasteiger partial charge in [-0.25, -0.2) is 0 Å². The van der Waals surface area contributed by atoms with Crippen LogP contribution >= 0.6 is 10.2 Å². The number of allylic oxidation sites excluding steroid dienone is 3. The second-order valence-electron chi connectivity index (χ2n) is 13.4. The summed E-state index contributed by atoms with van der Waals surface area (Å²) in [4.78, 5) is 5.09. The molecular weight excluding hydrogens is 752 g/mol. The fourth-order valence-electron chi connectivity index (χ4n) is 7.61. The van der Waals surface area contributed by atoms with Crippen LogP contribution in [0.25, 0.3) is 43.1 Å². The summed E-state index contributed by atoms with van der Waals surface area (Å²) in [7, 11) is -10.1. The molecule has 57 heavy (non-hydrogen) atoms. The highest BCUT2D eigenvalue weighted by Gasteiger charge is 2.65. The maximum absolute atomic E-state index is 14.0. The zero-order valence-corrected chi connectivity index (χ0v) is 30.4. The summed E-state index contributed by atoms with van der Waals surface area (Å²) < 4.78 is 69.8. The Kier molecular flexibility index (Phi) is 8.53. The second kappa shape index (κ2) is 12.9. The van der Waals surface area contributed by atoms with Gasteiger partial charge in [0.1, 0.15) is 35.8 Å². The van der Waals surface area contributed by atoms with Crippen molar-refractivity contribution in [3.63, 3.8) is 0 Å². The van der Waals surface area contributed by atoms with Crippen molar-refractivity contribution in [2.75, 3.05) is 0 Å². The quantitative estimate of drug-likeness (QED) is 0.101. The van der Waals surface area contributed by atoms with Crippen LogP contribution in [0.3, 0.4) is 0 Å². The van der Waals surface area contributed by atoms with E-state index in [2.05, 4.69) is 21.8 Å². The molecule has 2 aliphatic carbocycles. The lowest BCUT2D eigenvalue weighted by Crippen LogP contribution is -2.25. The van der Waals surface area contributed by atoms with E-state index in [4.69, 9.17) is 13.1 Å². The fourth-order valence-corrected chi connectivity index (χ4v) is 8.26. The van der Waals surface area contributed by atoms with Crippen LogP contribution in [0.4, 0.5) is 19.4 Å². The number of benzene rings is 5. The average molecular weight is 775 g/mol. The molecule has 0 spiro atoms. The molecule has 0 atom stereocenters. The van der Waals surface area contributed by atoms with E-state index in [0.717, 1.165) is 17.7 Å². The Morgan fingerprint density at radius 1 is 0.561 bits per heavy atom. The predicted molar refractivity (Wildman–Crippen MR) is 206 cm³/mol. The van der Waals surface area contributed by atoms with Crippen molar-refractivity contribution in [2.45, 2.75) is 24.7 Å². The summed E-state index contributed by atoms with van der Waals surface area (Å²) in [5, 5.41) is 40.8. The lowest BCUT2D eigenvalue weighted by atomic mass is 9.85. The minimum absolute atomic E-state index is 0.0254. The molecule has 0 fully saturated rings. The van der Waals surface area contributed by atoms with Gasteiger partial charge in [0.25, 0.3) is 0 Å². The third-order valence-corrected chi connectivity index (χ3v) is 11.2. The van der Waals surface area contributed by atoms with Crippen LogP contribution in [0.15, 0.2) is 124 Å². The first-order valence-electron chi connectivity index (χ1n) is 17.0. The standard InChI is InChI=1S/C45H23F5N6S/c1-26-4-10-29(11-5-26)42-38(45(55-2)56-3)21-37-41(31-14-8-28(23-52)9-15-31)43-36(40(44(37)42)30-12-6-27(22-51)7-13-30)20-35(33(24-53)25-54)39(43)32-16-18-34(19-17-32)57(46,47,48,49)50/h4-19H,20-21H2,1H3. The van der Waals surface area contributed by atoms with Crippen molar-refractivity contribution in [1.29, 1.82) is 21.0 Å². The molecule has 0 unspecified atom stereocenters. The van der Waals surface area contributed by atoms with Crippen LogP contribution in [0, 0.1) is 65.4 Å². The Balaban J connectivity index is 1.81. The molecule has 12 heteroatoms. The van der Waals surface area contributed by atoms with Crippen molar-refractivity contribution < 1.29 is 19.4 Å². The van der Waals surface area contributed by atoms with Gasteiger partial charge in [0.2, 0.25) is 0 Å². The maximum Gasteiger partial charge on any atom is 0.523 e. The molecule has 0 saturated heterocycles. The minimum Gasteiger partial charge on any atom is -0.192 e. The zero-order chi connectivity index (χ0) is 40.9. The van der Waals surface area contributed by atoms with Gasteiger partial charge in [-0.2, -0.15) is 30.7 Å². The summed E-state index contributed by atoms with van der Waals surface area (Å²) in [6.07, 6.45) is -0.0710. The van der Waals surface area contributed by atoms with Crippen molar-refractivity contribution >= 4 is 21.4 Å². The highest BCUT2D eigenvalue weighted by molar-refractivity contribution is 8.45. The Morgan fingerprint density at radius 3 is 1.33 bits per heavy atom. The monoisotopic (exact) mass is 774 g/mol. The van der Waals surface area contributed by atoms with Gasteiger partial charge in [-0.1, -0.05) is 85.7 Å². The number of nitriles is 4. The van der Waals surface area contributed by atoms with Gasteiger partial charge in [-0.05, 0) is 121 Å². The molecular formula is C45H23F5N6S. The molecule has 0 N–H and O–H groups in total. The van der Waals surface area contributed by atoms with Crippen LogP contribution in [0.2, 0.25) is 0 Å². The van der Waals surface area contributed by atoms with E-state index in [0.29, 0.717) is 71.7 Å². The first kappa shape index (κ1) is 37.6. The normalized spacial score (nSPS) is 14.0. The molecule has 5 aromatic carbocycles. The largest absolute Gasteiger partial charge is 0.523 e. The Bertz CT molecular complexity index is 3040. The minimum atomic E-state index is -10.1. The van der Waals surface area contributed by atoms with Gasteiger partial charge in [0.05, 0.1) is 28.8 Å². The highest BCUT2D eigenvalue weighted by Crippen LogP contribution is 3.02. The van der Waals surface area contributed by atoms with Gasteiger partial charge in [0.15, 0.2) is 0 Å². The molecule has 0 aromatic heterocycles. The zero-order valence-electron chi connectivity index (χ0n) is 29.6. The third kappa shape index (κ3) is 6.48. The molecule has 0 radical (unpaired) electrons. The molecule has 7 rings (SSSR count). The molecule has 0 heterocycles. The molecule has 0 saturated carbocycles. The molecule has 0 amide bonds. The SMILES string of the molecule is [C-]#[N+]C([N+]#[C-])=C1Cc2c(-c3ccc(C#N)cc3)c3c(c(-c4ccc(C#N)cc4)c2=C1c1ccc(C)cc1)CC(=C(C#N)C#N)C=3c1ccc(S(F)(F)(F)(F)F)cc1. The lowest BCUT2D eigenvalue weighted by molar-refractivity contribution is 0.364. The predicted octanol–water partition coefficient (Wildman–Crippen LogP) is 10.6. The molecule has 2 aliphatic rings. The first-order chi connectivity index (χ1) is 27.0. The van der Waals surface area contributed by atoms with Crippen molar-refractivity contribution in [3.05, 3.63) is 192 Å². The number of rotatable bonds is 5. The number of halogens is 5. The lowest BCUT2D eigenvalue weighted by Gasteiger charge is -2.40. The van der Waals surface area contributed by atoms with Crippen LogP contribution < -0.4 is 10.4 Å². The number of hydrogen-bond donors (Lipinski definition) is 0. The highest BCUT2D eigenvalue weighted by atomic mass is 32.5. The van der Waals surface area contributed by atoms with E-state index in [1.54, 1.807) is 48.5 Å². The van der Waals surface area contributed by atoms with E-state index in [1.165, 1.54) is 0 Å². The molecule has 0 bridgehead atoms. The van der Waals surface area contributed by atoms with Crippen LogP contribution in [-0.2, 0) is 12.8 Å². The summed E-state index contributed by atoms with van der Waals surface area (Å²) in [6.45, 7) is 17.9. The van der Waals surface area contributed by atoms with Gasteiger partial charge >= 0.3 is 16.0 Å². The number of hydrogen-bond acceptors (Lipinski definition) is 4. The molecule has 5 aromatic rings. The van der Waals surface area contributed by atoms with Crippen molar-refractivity contribution in [1.82, 2.24) is 0 Å². The van der Waals surface area contributed by atoms with Gasteiger partial charge in [-0.15, -0.1) is 0 Å². The van der Waals surface area contributed by atoms with Crippen molar-refractivity contribution in [2.24, 2.45) is 0 Å². The Morgan fingerprint density at radius 2 is 0.947 bits per heavy atom. The van der Waals surface area contributed by atoms with Crippen LogP contribution in [0.5, 0.6) is 0 Å². The summed E-state index contributed by atoms with van der Waals surface area (Å²) in [5.74, 6) is -0.189. The van der Waals surface area contributed by atoms with Crippen LogP contribution in [-0.4, -0.2) is 0 Å². The number of aryl methyl sites for hydroxylation is 1. The Labute approximate surface area is 323 Å². The van der Waals surface area contributed by atoms with Crippen molar-refractivity contribution in [3.8, 4) is 46.5 Å². The molecule has 274 valence electrons. The smallest absolute Gasteiger partial charge is 0.192 e. The van der Waals surface area contributed by atoms with E-state index in [9.17, 15) is 40.5 Å². The summed E-state index contributed by atoms with van der Waals surface area (Å²) >= 11 is 0. The first-order valence-corrected chi connectivity index (χ1v) is 18.9.